The van der Waals surface area contributed by atoms with Crippen LogP contribution in [0.15, 0.2) is 36.9 Å². The summed E-state index contributed by atoms with van der Waals surface area (Å²) < 4.78 is 13.6. The van der Waals surface area contributed by atoms with Crippen molar-refractivity contribution in [2.45, 2.75) is 6.92 Å². The monoisotopic (exact) mass is 237 g/mol. The van der Waals surface area contributed by atoms with Gasteiger partial charge in [-0.3, -0.25) is 4.79 Å². The number of carboxylic acid groups (broad SMARTS) is 1. The van der Waals surface area contributed by atoms with E-state index in [0.717, 1.165) is 0 Å². The summed E-state index contributed by atoms with van der Waals surface area (Å²) in [6, 6.07) is 6.32. The molecule has 0 amide bonds. The molecule has 1 unspecified atom stereocenters. The third-order valence-electron chi connectivity index (χ3n) is 2.46. The minimum Gasteiger partial charge on any atom is -0.481 e. The summed E-state index contributed by atoms with van der Waals surface area (Å²) in [5.41, 5.74) is 0.403. The van der Waals surface area contributed by atoms with E-state index in [9.17, 15) is 9.18 Å². The van der Waals surface area contributed by atoms with Gasteiger partial charge < -0.3 is 10.0 Å². The lowest BCUT2D eigenvalue weighted by molar-refractivity contribution is -0.140. The van der Waals surface area contributed by atoms with Gasteiger partial charge in [0.1, 0.15) is 5.82 Å². The van der Waals surface area contributed by atoms with Gasteiger partial charge in [0, 0.05) is 13.1 Å². The molecule has 0 spiro atoms. The largest absolute Gasteiger partial charge is 0.481 e. The standard InChI is InChI=1S/C13H16FNO2/c1-3-8-15(9-10(2)13(16)17)12-7-5-4-6-11(12)14/h3-7,10H,1,8-9H2,2H3,(H,16,17). The van der Waals surface area contributed by atoms with Gasteiger partial charge in [0.25, 0.3) is 0 Å². The molecule has 1 atom stereocenters. The summed E-state index contributed by atoms with van der Waals surface area (Å²) in [7, 11) is 0. The second-order valence-electron chi connectivity index (χ2n) is 3.88. The van der Waals surface area contributed by atoms with Crippen molar-refractivity contribution in [3.8, 4) is 0 Å². The van der Waals surface area contributed by atoms with Gasteiger partial charge in [-0.25, -0.2) is 4.39 Å². The smallest absolute Gasteiger partial charge is 0.308 e. The van der Waals surface area contributed by atoms with E-state index in [1.165, 1.54) is 6.07 Å². The van der Waals surface area contributed by atoms with Gasteiger partial charge in [-0.1, -0.05) is 25.1 Å². The number of hydrogen-bond acceptors (Lipinski definition) is 2. The molecule has 0 fully saturated rings. The highest BCUT2D eigenvalue weighted by molar-refractivity contribution is 5.70. The molecule has 17 heavy (non-hydrogen) atoms. The van der Waals surface area contributed by atoms with Gasteiger partial charge in [-0.05, 0) is 12.1 Å². The zero-order chi connectivity index (χ0) is 12.8. The molecule has 0 aliphatic carbocycles. The Morgan fingerprint density at radius 2 is 2.24 bits per heavy atom. The van der Waals surface area contributed by atoms with E-state index < -0.39 is 11.9 Å². The van der Waals surface area contributed by atoms with Crippen LogP contribution in [0, 0.1) is 11.7 Å². The zero-order valence-corrected chi connectivity index (χ0v) is 9.77. The molecule has 0 aliphatic heterocycles. The zero-order valence-electron chi connectivity index (χ0n) is 9.77. The molecule has 92 valence electrons. The predicted octanol–water partition coefficient (Wildman–Crippen LogP) is 2.54. The highest BCUT2D eigenvalue weighted by Gasteiger charge is 2.17. The third kappa shape index (κ3) is 3.59. The third-order valence-corrected chi connectivity index (χ3v) is 2.46. The van der Waals surface area contributed by atoms with Crippen LogP contribution in [0.2, 0.25) is 0 Å². The van der Waals surface area contributed by atoms with E-state index in [1.54, 1.807) is 36.1 Å². The number of rotatable bonds is 6. The Balaban J connectivity index is 2.89. The number of aliphatic carboxylic acids is 1. The minimum atomic E-state index is -0.893. The quantitative estimate of drug-likeness (QED) is 0.773. The van der Waals surface area contributed by atoms with Crippen LogP contribution >= 0.6 is 0 Å². The molecule has 0 aliphatic rings. The topological polar surface area (TPSA) is 40.5 Å². The number of anilines is 1. The summed E-state index contributed by atoms with van der Waals surface area (Å²) in [5.74, 6) is -1.81. The van der Waals surface area contributed by atoms with Crippen LogP contribution in [0.1, 0.15) is 6.92 Å². The normalized spacial score (nSPS) is 11.9. The Bertz CT molecular complexity index is 406. The molecule has 1 N–H and O–H groups in total. The van der Waals surface area contributed by atoms with Crippen molar-refractivity contribution in [2.75, 3.05) is 18.0 Å². The first-order chi connectivity index (χ1) is 8.06. The Kier molecular flexibility index (Phi) is 4.69. The molecule has 0 saturated carbocycles. The number of carbonyl (C=O) groups is 1. The maximum absolute atomic E-state index is 13.6. The lowest BCUT2D eigenvalue weighted by Gasteiger charge is -2.25. The molecule has 0 radical (unpaired) electrons. The number of halogens is 1. The highest BCUT2D eigenvalue weighted by Crippen LogP contribution is 2.19. The Labute approximate surface area is 100 Å². The molecule has 1 aromatic rings. The number of para-hydroxylation sites is 1. The van der Waals surface area contributed by atoms with E-state index in [-0.39, 0.29) is 12.4 Å². The molecule has 3 nitrogen and oxygen atoms in total. The predicted molar refractivity (Wildman–Crippen MR) is 65.6 cm³/mol. The summed E-state index contributed by atoms with van der Waals surface area (Å²) in [5, 5.41) is 8.87. The van der Waals surface area contributed by atoms with E-state index in [4.69, 9.17) is 5.11 Å². The fourth-order valence-electron chi connectivity index (χ4n) is 1.54. The van der Waals surface area contributed by atoms with Crippen LogP contribution in [-0.4, -0.2) is 24.2 Å². The number of carboxylic acids is 1. The Hall–Kier alpha value is -1.84. The van der Waals surface area contributed by atoms with Crippen LogP contribution in [0.3, 0.4) is 0 Å². The molecule has 0 aromatic heterocycles. The van der Waals surface area contributed by atoms with Crippen molar-refractivity contribution < 1.29 is 14.3 Å². The van der Waals surface area contributed by atoms with Gasteiger partial charge in [-0.15, -0.1) is 6.58 Å². The van der Waals surface area contributed by atoms with Crippen molar-refractivity contribution in [3.63, 3.8) is 0 Å². The minimum absolute atomic E-state index is 0.252. The van der Waals surface area contributed by atoms with E-state index in [1.807, 2.05) is 0 Å². The second-order valence-corrected chi connectivity index (χ2v) is 3.88. The number of benzene rings is 1. The van der Waals surface area contributed by atoms with Crippen LogP contribution in [0.5, 0.6) is 0 Å². The molecule has 4 heteroatoms. The van der Waals surface area contributed by atoms with Crippen LogP contribution in [0.25, 0.3) is 0 Å². The SMILES string of the molecule is C=CCN(CC(C)C(=O)O)c1ccccc1F. The molecule has 1 aromatic carbocycles. The second kappa shape index (κ2) is 6.03. The average Bonchev–Trinajstić information content (AvgIpc) is 2.29. The van der Waals surface area contributed by atoms with E-state index in [2.05, 4.69) is 6.58 Å². The van der Waals surface area contributed by atoms with Crippen molar-refractivity contribution in [2.24, 2.45) is 5.92 Å². The fraction of sp³-hybridized carbons (Fsp3) is 0.308. The Morgan fingerprint density at radius 3 is 2.76 bits per heavy atom. The highest BCUT2D eigenvalue weighted by atomic mass is 19.1. The molecule has 0 heterocycles. The summed E-state index contributed by atoms with van der Waals surface area (Å²) in [6.45, 7) is 5.86. The van der Waals surface area contributed by atoms with Gasteiger partial charge in [0.05, 0.1) is 11.6 Å². The van der Waals surface area contributed by atoms with Crippen LogP contribution < -0.4 is 4.90 Å². The van der Waals surface area contributed by atoms with E-state index >= 15 is 0 Å². The first kappa shape index (κ1) is 13.2. The molecular weight excluding hydrogens is 221 g/mol. The van der Waals surface area contributed by atoms with Crippen LogP contribution in [-0.2, 0) is 4.79 Å². The first-order valence-electron chi connectivity index (χ1n) is 5.39. The van der Waals surface area contributed by atoms with Crippen molar-refractivity contribution in [3.05, 3.63) is 42.7 Å². The molecular formula is C13H16FNO2. The maximum atomic E-state index is 13.6. The fourth-order valence-corrected chi connectivity index (χ4v) is 1.54. The summed E-state index contributed by atoms with van der Waals surface area (Å²) in [6.07, 6.45) is 1.63. The van der Waals surface area contributed by atoms with E-state index in [0.29, 0.717) is 12.2 Å². The van der Waals surface area contributed by atoms with Gasteiger partial charge in [0.2, 0.25) is 0 Å². The summed E-state index contributed by atoms with van der Waals surface area (Å²) in [4.78, 5) is 12.5. The number of hydrogen-bond donors (Lipinski definition) is 1. The van der Waals surface area contributed by atoms with Crippen LogP contribution in [0.4, 0.5) is 10.1 Å². The van der Waals surface area contributed by atoms with Crippen molar-refractivity contribution in [1.29, 1.82) is 0 Å². The van der Waals surface area contributed by atoms with Crippen molar-refractivity contribution >= 4 is 11.7 Å². The molecule has 1 rings (SSSR count). The average molecular weight is 237 g/mol. The van der Waals surface area contributed by atoms with Gasteiger partial charge in [-0.2, -0.15) is 0 Å². The molecule has 0 bridgehead atoms. The van der Waals surface area contributed by atoms with Gasteiger partial charge in [0.15, 0.2) is 0 Å². The maximum Gasteiger partial charge on any atom is 0.308 e. The lowest BCUT2D eigenvalue weighted by atomic mass is 10.1. The molecule has 0 saturated heterocycles. The first-order valence-corrected chi connectivity index (χ1v) is 5.39. The lowest BCUT2D eigenvalue weighted by Crippen LogP contribution is -2.32. The number of nitrogens with zero attached hydrogens (tertiary/aromatic N) is 1. The van der Waals surface area contributed by atoms with Crippen molar-refractivity contribution in [1.82, 2.24) is 0 Å². The summed E-state index contributed by atoms with van der Waals surface area (Å²) >= 11 is 0. The van der Waals surface area contributed by atoms with Gasteiger partial charge >= 0.3 is 5.97 Å². The Morgan fingerprint density at radius 1 is 1.59 bits per heavy atom.